The lowest BCUT2D eigenvalue weighted by Gasteiger charge is -2.18. The summed E-state index contributed by atoms with van der Waals surface area (Å²) in [6, 6.07) is 11.4. The third-order valence-corrected chi connectivity index (χ3v) is 4.00. The molecule has 0 aliphatic carbocycles. The van der Waals surface area contributed by atoms with Crippen LogP contribution in [0, 0.1) is 6.92 Å². The second kappa shape index (κ2) is 7.40. The van der Waals surface area contributed by atoms with Gasteiger partial charge in [0.05, 0.1) is 16.6 Å². The monoisotopic (exact) mass is 372 g/mol. The van der Waals surface area contributed by atoms with Crippen LogP contribution in [0.25, 0.3) is 0 Å². The Bertz CT molecular complexity index is 730. The second-order valence-electron chi connectivity index (χ2n) is 5.42. The van der Waals surface area contributed by atoms with E-state index in [0.717, 1.165) is 17.2 Å². The average molecular weight is 373 g/mol. The molecule has 1 atom stereocenters. The maximum Gasteiger partial charge on any atom is 0.417 e. The van der Waals surface area contributed by atoms with Crippen LogP contribution < -0.4 is 10.6 Å². The fourth-order valence-corrected chi connectivity index (χ4v) is 2.64. The van der Waals surface area contributed by atoms with Crippen molar-refractivity contribution in [3.8, 4) is 0 Å². The summed E-state index contributed by atoms with van der Waals surface area (Å²) in [5.41, 5.74) is 1.49. The van der Waals surface area contributed by atoms with Crippen molar-refractivity contribution in [1.29, 1.82) is 0 Å². The van der Waals surface area contributed by atoms with Crippen molar-refractivity contribution >= 4 is 34.6 Å². The van der Waals surface area contributed by atoms with Crippen LogP contribution in [0.4, 0.5) is 18.9 Å². The summed E-state index contributed by atoms with van der Waals surface area (Å²) in [6.07, 6.45) is -4.51. The maximum atomic E-state index is 12.9. The fourth-order valence-electron chi connectivity index (χ4n) is 2.12. The molecule has 0 saturated carbocycles. The van der Waals surface area contributed by atoms with Gasteiger partial charge in [-0.05, 0) is 49.8 Å². The van der Waals surface area contributed by atoms with Crippen LogP contribution in [0.1, 0.15) is 29.7 Å². The lowest BCUT2D eigenvalue weighted by atomic mass is 10.1. The topological polar surface area (TPSA) is 24.1 Å². The molecule has 0 aliphatic heterocycles. The number of hydrogen-bond acceptors (Lipinski definition) is 1. The van der Waals surface area contributed by atoms with Gasteiger partial charge >= 0.3 is 6.18 Å². The van der Waals surface area contributed by atoms with Gasteiger partial charge in [-0.1, -0.05) is 41.4 Å². The lowest BCUT2D eigenvalue weighted by molar-refractivity contribution is -0.137. The Kier molecular flexibility index (Phi) is 5.72. The van der Waals surface area contributed by atoms with Crippen molar-refractivity contribution < 1.29 is 13.2 Å². The standard InChI is InChI=1S/C17H16ClF3N2S/c1-10-3-5-12(6-4-10)11(2)22-16(24)23-13-7-8-15(18)14(9-13)17(19,20)21/h3-9,11H,1-2H3,(H2,22,23,24)/t11-/m0/s1. The molecule has 2 N–H and O–H groups in total. The molecule has 0 aromatic heterocycles. The van der Waals surface area contributed by atoms with Gasteiger partial charge in [-0.25, -0.2) is 0 Å². The predicted octanol–water partition coefficient (Wildman–Crippen LogP) is 5.71. The number of benzene rings is 2. The molecule has 2 aromatic carbocycles. The lowest BCUT2D eigenvalue weighted by Crippen LogP contribution is -2.31. The van der Waals surface area contributed by atoms with Gasteiger partial charge in [0, 0.05) is 5.69 Å². The van der Waals surface area contributed by atoms with E-state index in [0.29, 0.717) is 0 Å². The minimum atomic E-state index is -4.51. The molecule has 0 unspecified atom stereocenters. The zero-order valence-electron chi connectivity index (χ0n) is 13.0. The number of halogens is 4. The summed E-state index contributed by atoms with van der Waals surface area (Å²) in [4.78, 5) is 0. The van der Waals surface area contributed by atoms with Gasteiger partial charge in [0.25, 0.3) is 0 Å². The van der Waals surface area contributed by atoms with Crippen molar-refractivity contribution in [3.05, 3.63) is 64.2 Å². The summed E-state index contributed by atoms with van der Waals surface area (Å²) < 4.78 is 38.6. The Labute approximate surface area is 149 Å². The molecular weight excluding hydrogens is 357 g/mol. The number of hydrogen-bond donors (Lipinski definition) is 2. The van der Waals surface area contributed by atoms with Gasteiger partial charge < -0.3 is 10.6 Å². The number of aryl methyl sites for hydroxylation is 1. The van der Waals surface area contributed by atoms with E-state index < -0.39 is 11.7 Å². The van der Waals surface area contributed by atoms with Crippen LogP contribution in [0.3, 0.4) is 0 Å². The van der Waals surface area contributed by atoms with E-state index in [-0.39, 0.29) is 21.9 Å². The molecule has 0 saturated heterocycles. The summed E-state index contributed by atoms with van der Waals surface area (Å²) >= 11 is 10.8. The molecule has 0 bridgehead atoms. The third kappa shape index (κ3) is 4.85. The Balaban J connectivity index is 2.06. The van der Waals surface area contributed by atoms with Crippen LogP contribution in [-0.2, 0) is 6.18 Å². The average Bonchev–Trinajstić information content (AvgIpc) is 2.48. The quantitative estimate of drug-likeness (QED) is 0.674. The van der Waals surface area contributed by atoms with Crippen LogP contribution in [0.5, 0.6) is 0 Å². The first-order valence-electron chi connectivity index (χ1n) is 7.17. The molecule has 2 aromatic rings. The first-order chi connectivity index (χ1) is 11.2. The minimum absolute atomic E-state index is 0.0833. The molecule has 2 nitrogen and oxygen atoms in total. The van der Waals surface area contributed by atoms with E-state index in [1.807, 2.05) is 38.1 Å². The van der Waals surface area contributed by atoms with E-state index in [4.69, 9.17) is 23.8 Å². The number of alkyl halides is 3. The van der Waals surface area contributed by atoms with Crippen molar-refractivity contribution in [1.82, 2.24) is 5.32 Å². The van der Waals surface area contributed by atoms with Gasteiger partial charge in [-0.15, -0.1) is 0 Å². The second-order valence-corrected chi connectivity index (χ2v) is 6.24. The number of anilines is 1. The van der Waals surface area contributed by atoms with Gasteiger partial charge in [-0.3, -0.25) is 0 Å². The molecule has 0 aliphatic rings. The van der Waals surface area contributed by atoms with Crippen LogP contribution in [0.15, 0.2) is 42.5 Å². The molecule has 0 spiro atoms. The molecule has 7 heteroatoms. The van der Waals surface area contributed by atoms with Crippen molar-refractivity contribution in [3.63, 3.8) is 0 Å². The summed E-state index contributed by atoms with van der Waals surface area (Å²) in [5.74, 6) is 0. The van der Waals surface area contributed by atoms with E-state index >= 15 is 0 Å². The van der Waals surface area contributed by atoms with Gasteiger partial charge in [0.2, 0.25) is 0 Å². The van der Waals surface area contributed by atoms with Crippen LogP contribution >= 0.6 is 23.8 Å². The van der Waals surface area contributed by atoms with Gasteiger partial charge in [-0.2, -0.15) is 13.2 Å². The molecule has 2 rings (SSSR count). The number of rotatable bonds is 3. The van der Waals surface area contributed by atoms with Gasteiger partial charge in [0.1, 0.15) is 0 Å². The Hall–Kier alpha value is -1.79. The highest BCUT2D eigenvalue weighted by molar-refractivity contribution is 7.80. The van der Waals surface area contributed by atoms with Crippen LogP contribution in [0.2, 0.25) is 5.02 Å². The zero-order chi connectivity index (χ0) is 17.9. The van der Waals surface area contributed by atoms with E-state index in [2.05, 4.69) is 10.6 Å². The summed E-state index contributed by atoms with van der Waals surface area (Å²) in [5, 5.41) is 5.69. The minimum Gasteiger partial charge on any atom is -0.356 e. The number of thiocarbonyl (C=S) groups is 1. The smallest absolute Gasteiger partial charge is 0.356 e. The van der Waals surface area contributed by atoms with E-state index in [1.165, 1.54) is 12.1 Å². The van der Waals surface area contributed by atoms with Crippen molar-refractivity contribution in [2.24, 2.45) is 0 Å². The molecular formula is C17H16ClF3N2S. The van der Waals surface area contributed by atoms with Crippen molar-refractivity contribution in [2.75, 3.05) is 5.32 Å². The highest BCUT2D eigenvalue weighted by Crippen LogP contribution is 2.36. The predicted molar refractivity (Wildman–Crippen MR) is 95.4 cm³/mol. The molecule has 0 heterocycles. The SMILES string of the molecule is Cc1ccc([C@H](C)NC(=S)Nc2ccc(Cl)c(C(F)(F)F)c2)cc1. The van der Waals surface area contributed by atoms with Crippen LogP contribution in [-0.4, -0.2) is 5.11 Å². The molecule has 0 amide bonds. The Morgan fingerprint density at radius 1 is 1.12 bits per heavy atom. The van der Waals surface area contributed by atoms with E-state index in [9.17, 15) is 13.2 Å². The fraction of sp³-hybridized carbons (Fsp3) is 0.235. The number of nitrogens with one attached hydrogen (secondary N) is 2. The molecule has 0 fully saturated rings. The highest BCUT2D eigenvalue weighted by atomic mass is 35.5. The third-order valence-electron chi connectivity index (χ3n) is 3.45. The summed E-state index contributed by atoms with van der Waals surface area (Å²) in [7, 11) is 0. The normalized spacial score (nSPS) is 12.6. The largest absolute Gasteiger partial charge is 0.417 e. The molecule has 128 valence electrons. The van der Waals surface area contributed by atoms with Gasteiger partial charge in [0.15, 0.2) is 5.11 Å². The first kappa shape index (κ1) is 18.5. The van der Waals surface area contributed by atoms with Crippen molar-refractivity contribution in [2.45, 2.75) is 26.1 Å². The maximum absolute atomic E-state index is 12.9. The van der Waals surface area contributed by atoms with E-state index in [1.54, 1.807) is 0 Å². The summed E-state index contributed by atoms with van der Waals surface area (Å²) in [6.45, 7) is 3.91. The molecule has 24 heavy (non-hydrogen) atoms. The Morgan fingerprint density at radius 2 is 1.75 bits per heavy atom. The zero-order valence-corrected chi connectivity index (χ0v) is 14.6. The molecule has 0 radical (unpaired) electrons. The Morgan fingerprint density at radius 3 is 2.33 bits per heavy atom. The first-order valence-corrected chi connectivity index (χ1v) is 7.96. The highest BCUT2D eigenvalue weighted by Gasteiger charge is 2.33.